The molecule has 0 spiro atoms. The van der Waals surface area contributed by atoms with Gasteiger partial charge < -0.3 is 9.84 Å². The van der Waals surface area contributed by atoms with Crippen molar-refractivity contribution in [2.75, 3.05) is 7.11 Å². The van der Waals surface area contributed by atoms with Crippen LogP contribution >= 0.6 is 0 Å². The van der Waals surface area contributed by atoms with E-state index in [9.17, 15) is 9.90 Å². The van der Waals surface area contributed by atoms with Crippen molar-refractivity contribution < 1.29 is 14.6 Å². The molecule has 0 radical (unpaired) electrons. The maximum atomic E-state index is 12.4. The second-order valence-corrected chi connectivity index (χ2v) is 4.70. The van der Waals surface area contributed by atoms with Gasteiger partial charge in [0.1, 0.15) is 11.4 Å². The van der Waals surface area contributed by atoms with Gasteiger partial charge in [-0.2, -0.15) is 0 Å². The zero-order chi connectivity index (χ0) is 13.9. The van der Waals surface area contributed by atoms with Crippen molar-refractivity contribution >= 4 is 5.78 Å². The summed E-state index contributed by atoms with van der Waals surface area (Å²) in [5.74, 6) is 0.566. The molecule has 1 aromatic rings. The fourth-order valence-corrected chi connectivity index (χ4v) is 2.08. The standard InChI is InChI=1S/C15H22O3/c1-6-15(17,7-2)14(16)12-8-11(4)13(18-5)9-10(12)3/h8-9,17H,6-7H2,1-5H3. The van der Waals surface area contributed by atoms with Crippen LogP contribution in [0.15, 0.2) is 12.1 Å². The lowest BCUT2D eigenvalue weighted by atomic mass is 9.85. The van der Waals surface area contributed by atoms with Crippen molar-refractivity contribution in [1.82, 2.24) is 0 Å². The molecule has 0 bridgehead atoms. The van der Waals surface area contributed by atoms with Crippen LogP contribution in [0.1, 0.15) is 48.2 Å². The first-order valence-corrected chi connectivity index (χ1v) is 6.32. The highest BCUT2D eigenvalue weighted by Gasteiger charge is 2.33. The normalized spacial score (nSPS) is 11.4. The molecule has 1 N–H and O–H groups in total. The Labute approximate surface area is 109 Å². The molecule has 0 aromatic heterocycles. The molecule has 0 saturated carbocycles. The molecular weight excluding hydrogens is 228 g/mol. The van der Waals surface area contributed by atoms with Crippen LogP contribution < -0.4 is 4.74 Å². The first-order chi connectivity index (χ1) is 8.39. The van der Waals surface area contributed by atoms with Crippen molar-refractivity contribution in [3.05, 3.63) is 28.8 Å². The van der Waals surface area contributed by atoms with Crippen molar-refractivity contribution in [2.45, 2.75) is 46.1 Å². The summed E-state index contributed by atoms with van der Waals surface area (Å²) < 4.78 is 5.23. The third kappa shape index (κ3) is 2.56. The van der Waals surface area contributed by atoms with Crippen molar-refractivity contribution in [3.63, 3.8) is 0 Å². The summed E-state index contributed by atoms with van der Waals surface area (Å²) in [5.41, 5.74) is 1.06. The largest absolute Gasteiger partial charge is 0.496 e. The van der Waals surface area contributed by atoms with E-state index in [0.717, 1.165) is 16.9 Å². The minimum absolute atomic E-state index is 0.198. The molecule has 0 amide bonds. The summed E-state index contributed by atoms with van der Waals surface area (Å²) in [5, 5.41) is 10.3. The maximum Gasteiger partial charge on any atom is 0.194 e. The van der Waals surface area contributed by atoms with E-state index >= 15 is 0 Å². The molecule has 1 aromatic carbocycles. The molecule has 0 saturated heterocycles. The number of hydrogen-bond donors (Lipinski definition) is 1. The number of carbonyl (C=O) groups excluding carboxylic acids is 1. The van der Waals surface area contributed by atoms with Gasteiger partial charge in [-0.3, -0.25) is 4.79 Å². The van der Waals surface area contributed by atoms with Gasteiger partial charge in [-0.25, -0.2) is 0 Å². The number of aryl methyl sites for hydroxylation is 2. The summed E-state index contributed by atoms with van der Waals surface area (Å²) in [6, 6.07) is 3.64. The topological polar surface area (TPSA) is 46.5 Å². The van der Waals surface area contributed by atoms with Crippen LogP contribution in [0.5, 0.6) is 5.75 Å². The number of benzene rings is 1. The molecule has 18 heavy (non-hydrogen) atoms. The minimum atomic E-state index is -1.26. The van der Waals surface area contributed by atoms with Gasteiger partial charge in [0, 0.05) is 5.56 Å². The number of ether oxygens (including phenoxy) is 1. The van der Waals surface area contributed by atoms with Gasteiger partial charge >= 0.3 is 0 Å². The highest BCUT2D eigenvalue weighted by Crippen LogP contribution is 2.27. The second kappa shape index (κ2) is 5.53. The van der Waals surface area contributed by atoms with Gasteiger partial charge in [-0.1, -0.05) is 13.8 Å². The number of methoxy groups -OCH3 is 1. The Morgan fingerprint density at radius 1 is 1.22 bits per heavy atom. The highest BCUT2D eigenvalue weighted by atomic mass is 16.5. The Hall–Kier alpha value is -1.35. The van der Waals surface area contributed by atoms with Crippen molar-refractivity contribution in [1.29, 1.82) is 0 Å². The van der Waals surface area contributed by atoms with E-state index in [1.165, 1.54) is 0 Å². The van der Waals surface area contributed by atoms with Gasteiger partial charge in [-0.05, 0) is 49.9 Å². The average molecular weight is 250 g/mol. The minimum Gasteiger partial charge on any atom is -0.496 e. The van der Waals surface area contributed by atoms with Gasteiger partial charge in [0.25, 0.3) is 0 Å². The lowest BCUT2D eigenvalue weighted by Crippen LogP contribution is -2.37. The van der Waals surface area contributed by atoms with Crippen molar-refractivity contribution in [2.24, 2.45) is 0 Å². The van der Waals surface area contributed by atoms with Crippen molar-refractivity contribution in [3.8, 4) is 5.75 Å². The number of rotatable bonds is 5. The zero-order valence-corrected chi connectivity index (χ0v) is 11.8. The summed E-state index contributed by atoms with van der Waals surface area (Å²) in [6.45, 7) is 7.41. The molecule has 0 atom stereocenters. The molecule has 0 aliphatic carbocycles. The predicted molar refractivity (Wildman–Crippen MR) is 72.3 cm³/mol. The summed E-state index contributed by atoms with van der Waals surface area (Å²) in [6.07, 6.45) is 0.847. The van der Waals surface area contributed by atoms with Gasteiger partial charge in [0.2, 0.25) is 0 Å². The van der Waals surface area contributed by atoms with E-state index < -0.39 is 5.60 Å². The smallest absolute Gasteiger partial charge is 0.194 e. The van der Waals surface area contributed by atoms with Gasteiger partial charge in [0.15, 0.2) is 5.78 Å². The molecule has 0 aliphatic rings. The third-order valence-electron chi connectivity index (χ3n) is 3.58. The highest BCUT2D eigenvalue weighted by molar-refractivity contribution is 6.03. The summed E-state index contributed by atoms with van der Waals surface area (Å²) in [7, 11) is 1.61. The lowest BCUT2D eigenvalue weighted by Gasteiger charge is -2.24. The number of ketones is 1. The van der Waals surface area contributed by atoms with E-state index in [0.29, 0.717) is 18.4 Å². The number of hydrogen-bond acceptors (Lipinski definition) is 3. The number of carbonyl (C=O) groups is 1. The summed E-state index contributed by atoms with van der Waals surface area (Å²) in [4.78, 5) is 12.4. The maximum absolute atomic E-state index is 12.4. The second-order valence-electron chi connectivity index (χ2n) is 4.70. The monoisotopic (exact) mass is 250 g/mol. The fraction of sp³-hybridized carbons (Fsp3) is 0.533. The average Bonchev–Trinajstić information content (AvgIpc) is 2.39. The van der Waals surface area contributed by atoms with E-state index in [1.54, 1.807) is 13.2 Å². The first-order valence-electron chi connectivity index (χ1n) is 6.32. The molecule has 0 unspecified atom stereocenters. The van der Waals surface area contributed by atoms with E-state index in [-0.39, 0.29) is 5.78 Å². The van der Waals surface area contributed by atoms with E-state index in [4.69, 9.17) is 4.74 Å². The van der Waals surface area contributed by atoms with Crippen LogP contribution in [0.3, 0.4) is 0 Å². The molecule has 0 heterocycles. The van der Waals surface area contributed by atoms with Gasteiger partial charge in [0.05, 0.1) is 7.11 Å². The Balaban J connectivity index is 3.26. The van der Waals surface area contributed by atoms with Crippen LogP contribution in [-0.4, -0.2) is 23.6 Å². The fourth-order valence-electron chi connectivity index (χ4n) is 2.08. The SMILES string of the molecule is CCC(O)(CC)C(=O)c1cc(C)c(OC)cc1C. The Bertz CT molecular complexity index is 445. The van der Waals surface area contributed by atoms with Crippen LogP contribution in [0.2, 0.25) is 0 Å². The van der Waals surface area contributed by atoms with E-state index in [1.807, 2.05) is 33.8 Å². The Morgan fingerprint density at radius 3 is 2.22 bits per heavy atom. The molecule has 0 aliphatic heterocycles. The Morgan fingerprint density at radius 2 is 1.78 bits per heavy atom. The molecule has 3 heteroatoms. The third-order valence-corrected chi connectivity index (χ3v) is 3.58. The lowest BCUT2D eigenvalue weighted by molar-refractivity contribution is 0.0277. The summed E-state index contributed by atoms with van der Waals surface area (Å²) >= 11 is 0. The molecule has 3 nitrogen and oxygen atoms in total. The quantitative estimate of drug-likeness (QED) is 0.817. The van der Waals surface area contributed by atoms with Crippen LogP contribution in [0.4, 0.5) is 0 Å². The molecule has 0 fully saturated rings. The van der Waals surface area contributed by atoms with Crippen LogP contribution in [0.25, 0.3) is 0 Å². The van der Waals surface area contributed by atoms with E-state index in [2.05, 4.69) is 0 Å². The molecular formula is C15H22O3. The van der Waals surface area contributed by atoms with Crippen LogP contribution in [0, 0.1) is 13.8 Å². The number of Topliss-reactive ketones (excluding diaryl/α,β-unsaturated/α-hetero) is 1. The van der Waals surface area contributed by atoms with Crippen LogP contribution in [-0.2, 0) is 0 Å². The first kappa shape index (κ1) is 14.7. The van der Waals surface area contributed by atoms with Gasteiger partial charge in [-0.15, -0.1) is 0 Å². The number of aliphatic hydroxyl groups is 1. The molecule has 1 rings (SSSR count). The Kier molecular flexibility index (Phi) is 4.52. The molecule has 100 valence electrons. The zero-order valence-electron chi connectivity index (χ0n) is 11.8. The predicted octanol–water partition coefficient (Wildman–Crippen LogP) is 3.05.